The third-order valence-corrected chi connectivity index (χ3v) is 4.02. The Morgan fingerprint density at radius 3 is 2.65 bits per heavy atom. The van der Waals surface area contributed by atoms with Crippen molar-refractivity contribution in [2.45, 2.75) is 20.1 Å². The fourth-order valence-corrected chi connectivity index (χ4v) is 2.70. The fraction of sp³-hybridized carbons (Fsp3) is 0.278. The Morgan fingerprint density at radius 2 is 1.96 bits per heavy atom. The number of alkyl halides is 2. The van der Waals surface area contributed by atoms with Crippen LogP contribution in [0.15, 0.2) is 30.3 Å². The molecule has 1 amide bonds. The van der Waals surface area contributed by atoms with E-state index < -0.39 is 6.61 Å². The highest BCUT2D eigenvalue weighted by atomic mass is 19.3. The minimum atomic E-state index is -2.99. The number of anilines is 1. The van der Waals surface area contributed by atoms with Crippen molar-refractivity contribution in [3.05, 3.63) is 47.0 Å². The molecular formula is C18H18F2N2O4. The minimum Gasteiger partial charge on any atom is -0.454 e. The largest absolute Gasteiger partial charge is 0.454 e. The molecule has 138 valence electrons. The van der Waals surface area contributed by atoms with Gasteiger partial charge in [-0.25, -0.2) is 0 Å². The molecule has 1 aliphatic rings. The van der Waals surface area contributed by atoms with Crippen molar-refractivity contribution in [3.8, 4) is 17.2 Å². The normalized spacial score (nSPS) is 12.3. The average Bonchev–Trinajstić information content (AvgIpc) is 3.03. The summed E-state index contributed by atoms with van der Waals surface area (Å²) in [5.74, 6) is 0.399. The van der Waals surface area contributed by atoms with E-state index in [1.807, 2.05) is 0 Å². The second-order valence-corrected chi connectivity index (χ2v) is 5.93. The lowest BCUT2D eigenvalue weighted by atomic mass is 10.1. The molecule has 3 rings (SSSR count). The van der Waals surface area contributed by atoms with E-state index in [0.29, 0.717) is 28.3 Å². The molecule has 0 unspecified atom stereocenters. The molecule has 0 spiro atoms. The maximum absolute atomic E-state index is 12.7. The summed E-state index contributed by atoms with van der Waals surface area (Å²) in [7, 11) is 1.57. The molecule has 0 saturated heterocycles. The average molecular weight is 364 g/mol. The Bertz CT molecular complexity index is 842. The van der Waals surface area contributed by atoms with Crippen molar-refractivity contribution < 1.29 is 27.8 Å². The van der Waals surface area contributed by atoms with Crippen LogP contribution in [0.4, 0.5) is 14.5 Å². The number of rotatable bonds is 5. The van der Waals surface area contributed by atoms with E-state index in [0.717, 1.165) is 5.56 Å². The van der Waals surface area contributed by atoms with Crippen molar-refractivity contribution in [1.29, 1.82) is 0 Å². The number of aryl methyl sites for hydroxylation is 1. The van der Waals surface area contributed by atoms with Crippen LogP contribution in [0.5, 0.6) is 17.2 Å². The fourth-order valence-electron chi connectivity index (χ4n) is 2.70. The van der Waals surface area contributed by atoms with E-state index in [4.69, 9.17) is 15.2 Å². The summed E-state index contributed by atoms with van der Waals surface area (Å²) in [5, 5.41) is 0. The number of nitrogen functional groups attached to an aromatic ring is 1. The van der Waals surface area contributed by atoms with E-state index >= 15 is 0 Å². The van der Waals surface area contributed by atoms with Gasteiger partial charge >= 0.3 is 6.61 Å². The Kier molecular flexibility index (Phi) is 4.83. The Morgan fingerprint density at radius 1 is 1.27 bits per heavy atom. The van der Waals surface area contributed by atoms with Crippen molar-refractivity contribution in [1.82, 2.24) is 4.90 Å². The summed E-state index contributed by atoms with van der Waals surface area (Å²) >= 11 is 0. The van der Waals surface area contributed by atoms with Crippen LogP contribution in [0.25, 0.3) is 0 Å². The van der Waals surface area contributed by atoms with Crippen molar-refractivity contribution in [2.75, 3.05) is 19.6 Å². The SMILES string of the molecule is Cc1ccc(N)cc1C(=O)N(C)Cc1cc2c(cc1OC(F)F)OCO2. The first-order valence-electron chi connectivity index (χ1n) is 7.84. The summed E-state index contributed by atoms with van der Waals surface area (Å²) in [6.07, 6.45) is 0. The molecule has 2 aromatic carbocycles. The van der Waals surface area contributed by atoms with Gasteiger partial charge in [0.2, 0.25) is 6.79 Å². The van der Waals surface area contributed by atoms with E-state index in [9.17, 15) is 13.6 Å². The molecule has 1 aliphatic heterocycles. The highest BCUT2D eigenvalue weighted by Gasteiger charge is 2.22. The van der Waals surface area contributed by atoms with Crippen LogP contribution in [0.2, 0.25) is 0 Å². The summed E-state index contributed by atoms with van der Waals surface area (Å²) in [6.45, 7) is -1.14. The number of nitrogens with zero attached hydrogens (tertiary/aromatic N) is 1. The molecule has 26 heavy (non-hydrogen) atoms. The molecule has 2 aromatic rings. The van der Waals surface area contributed by atoms with Gasteiger partial charge in [0, 0.05) is 36.5 Å². The van der Waals surface area contributed by atoms with E-state index in [1.54, 1.807) is 32.2 Å². The number of hydrogen-bond acceptors (Lipinski definition) is 5. The minimum absolute atomic E-state index is 0.00413. The molecule has 2 N–H and O–H groups in total. The highest BCUT2D eigenvalue weighted by molar-refractivity contribution is 5.96. The molecule has 0 radical (unpaired) electrons. The molecule has 0 bridgehead atoms. The van der Waals surface area contributed by atoms with Crippen molar-refractivity contribution >= 4 is 11.6 Å². The number of halogens is 2. The highest BCUT2D eigenvalue weighted by Crippen LogP contribution is 2.39. The number of ether oxygens (including phenoxy) is 3. The van der Waals surface area contributed by atoms with Gasteiger partial charge in [-0.2, -0.15) is 8.78 Å². The molecular weight excluding hydrogens is 346 g/mol. The van der Waals surface area contributed by atoms with Gasteiger partial charge in [-0.3, -0.25) is 4.79 Å². The molecule has 0 atom stereocenters. The zero-order valence-electron chi connectivity index (χ0n) is 14.3. The first kappa shape index (κ1) is 17.8. The number of benzene rings is 2. The van der Waals surface area contributed by atoms with Gasteiger partial charge in [0.25, 0.3) is 5.91 Å². The predicted octanol–water partition coefficient (Wildman–Crippen LogP) is 3.18. The van der Waals surface area contributed by atoms with E-state index in [1.165, 1.54) is 17.0 Å². The van der Waals surface area contributed by atoms with Gasteiger partial charge in [0.05, 0.1) is 0 Å². The van der Waals surface area contributed by atoms with E-state index in [2.05, 4.69) is 4.74 Å². The monoisotopic (exact) mass is 364 g/mol. The first-order chi connectivity index (χ1) is 12.3. The van der Waals surface area contributed by atoms with Gasteiger partial charge in [-0.1, -0.05) is 6.07 Å². The topological polar surface area (TPSA) is 74.0 Å². The molecule has 6 nitrogen and oxygen atoms in total. The summed E-state index contributed by atoms with van der Waals surface area (Å²) in [4.78, 5) is 14.1. The standard InChI is InChI=1S/C18H18F2N2O4/c1-10-3-4-12(21)6-13(10)17(23)22(2)8-11-5-15-16(25-9-24-15)7-14(11)26-18(19)20/h3-7,18H,8-9,21H2,1-2H3. The molecule has 0 aromatic heterocycles. The second-order valence-electron chi connectivity index (χ2n) is 5.93. The van der Waals surface area contributed by atoms with Crippen LogP contribution in [0.1, 0.15) is 21.5 Å². The maximum atomic E-state index is 12.7. The number of amides is 1. The molecule has 1 heterocycles. The van der Waals surface area contributed by atoms with Crippen LogP contribution < -0.4 is 19.9 Å². The number of carbonyl (C=O) groups excluding carboxylic acids is 1. The van der Waals surface area contributed by atoms with Crippen LogP contribution in [-0.2, 0) is 6.54 Å². The van der Waals surface area contributed by atoms with Gasteiger partial charge in [0.1, 0.15) is 5.75 Å². The van der Waals surface area contributed by atoms with Crippen molar-refractivity contribution in [2.24, 2.45) is 0 Å². The van der Waals surface area contributed by atoms with Gasteiger partial charge < -0.3 is 24.8 Å². The van der Waals surface area contributed by atoms with Crippen LogP contribution in [0.3, 0.4) is 0 Å². The Hall–Kier alpha value is -3.03. The quantitative estimate of drug-likeness (QED) is 0.825. The van der Waals surface area contributed by atoms with Crippen molar-refractivity contribution in [3.63, 3.8) is 0 Å². The first-order valence-corrected chi connectivity index (χ1v) is 7.84. The Balaban J connectivity index is 1.87. The van der Waals surface area contributed by atoms with Crippen LogP contribution in [-0.4, -0.2) is 31.3 Å². The van der Waals surface area contributed by atoms with Gasteiger partial charge in [-0.15, -0.1) is 0 Å². The lowest BCUT2D eigenvalue weighted by Gasteiger charge is -2.21. The Labute approximate surface area is 149 Å². The molecule has 8 heteroatoms. The van der Waals surface area contributed by atoms with Crippen LogP contribution in [0, 0.1) is 6.92 Å². The summed E-state index contributed by atoms with van der Waals surface area (Å²) in [6, 6.07) is 7.93. The van der Waals surface area contributed by atoms with Crippen LogP contribution >= 0.6 is 0 Å². The number of nitrogens with two attached hydrogens (primary N) is 1. The molecule has 0 saturated carbocycles. The second kappa shape index (κ2) is 7.07. The number of hydrogen-bond donors (Lipinski definition) is 1. The van der Waals surface area contributed by atoms with Gasteiger partial charge in [-0.05, 0) is 30.7 Å². The lowest BCUT2D eigenvalue weighted by molar-refractivity contribution is -0.0507. The zero-order chi connectivity index (χ0) is 18.8. The third kappa shape index (κ3) is 3.63. The van der Waals surface area contributed by atoms with E-state index in [-0.39, 0.29) is 25.0 Å². The molecule has 0 fully saturated rings. The van der Waals surface area contributed by atoms with Gasteiger partial charge in [0.15, 0.2) is 11.5 Å². The number of fused-ring (bicyclic) bond motifs is 1. The third-order valence-electron chi connectivity index (χ3n) is 4.02. The maximum Gasteiger partial charge on any atom is 0.387 e. The summed E-state index contributed by atoms with van der Waals surface area (Å²) in [5.41, 5.74) is 7.82. The smallest absolute Gasteiger partial charge is 0.387 e. The lowest BCUT2D eigenvalue weighted by Crippen LogP contribution is -2.27. The zero-order valence-corrected chi connectivity index (χ0v) is 14.3. The molecule has 0 aliphatic carbocycles. The predicted molar refractivity (Wildman–Crippen MR) is 90.6 cm³/mol. The summed E-state index contributed by atoms with van der Waals surface area (Å²) < 4.78 is 40.5. The number of carbonyl (C=O) groups is 1.